The molecule has 0 saturated carbocycles. The number of hydrogen-bond acceptors (Lipinski definition) is 4. The Bertz CT molecular complexity index is 234. The Morgan fingerprint density at radius 2 is 1.72 bits per heavy atom. The SMILES string of the molecule is CCCCCCCCO[C@H]1CO[C@H]2[C@@H]1OC[C@@H]2O. The van der Waals surface area contributed by atoms with Crippen LogP contribution in [0.1, 0.15) is 45.4 Å². The molecule has 4 nitrogen and oxygen atoms in total. The van der Waals surface area contributed by atoms with Crippen LogP contribution in [0, 0.1) is 0 Å². The molecule has 2 rings (SSSR count). The van der Waals surface area contributed by atoms with Gasteiger partial charge in [-0.05, 0) is 6.42 Å². The van der Waals surface area contributed by atoms with Gasteiger partial charge in [0.15, 0.2) is 0 Å². The van der Waals surface area contributed by atoms with Gasteiger partial charge in [-0.15, -0.1) is 0 Å². The van der Waals surface area contributed by atoms with E-state index in [0.717, 1.165) is 13.0 Å². The molecule has 2 heterocycles. The number of rotatable bonds is 8. The van der Waals surface area contributed by atoms with Crippen molar-refractivity contribution in [1.82, 2.24) is 0 Å². The van der Waals surface area contributed by atoms with Crippen LogP contribution in [0.2, 0.25) is 0 Å². The van der Waals surface area contributed by atoms with E-state index in [1.807, 2.05) is 0 Å². The quantitative estimate of drug-likeness (QED) is 0.675. The van der Waals surface area contributed by atoms with Gasteiger partial charge in [-0.2, -0.15) is 0 Å². The fraction of sp³-hybridized carbons (Fsp3) is 1.00. The average Bonchev–Trinajstić information content (AvgIpc) is 2.93. The van der Waals surface area contributed by atoms with Gasteiger partial charge in [-0.1, -0.05) is 39.0 Å². The van der Waals surface area contributed by atoms with Crippen molar-refractivity contribution >= 4 is 0 Å². The normalized spacial score (nSPS) is 35.0. The molecule has 0 radical (unpaired) electrons. The van der Waals surface area contributed by atoms with Gasteiger partial charge in [0, 0.05) is 6.61 Å². The molecule has 0 aromatic heterocycles. The van der Waals surface area contributed by atoms with E-state index in [0.29, 0.717) is 13.2 Å². The lowest BCUT2D eigenvalue weighted by Gasteiger charge is -2.16. The van der Waals surface area contributed by atoms with Crippen LogP contribution in [0.3, 0.4) is 0 Å². The Kier molecular flexibility index (Phi) is 5.89. The van der Waals surface area contributed by atoms with Crippen molar-refractivity contribution < 1.29 is 19.3 Å². The highest BCUT2D eigenvalue weighted by Gasteiger charge is 2.47. The van der Waals surface area contributed by atoms with E-state index in [4.69, 9.17) is 14.2 Å². The van der Waals surface area contributed by atoms with E-state index in [9.17, 15) is 5.11 Å². The topological polar surface area (TPSA) is 47.9 Å². The molecule has 0 amide bonds. The predicted octanol–water partition coefficient (Wildman–Crippen LogP) is 1.89. The highest BCUT2D eigenvalue weighted by atomic mass is 16.6. The number of hydrogen-bond donors (Lipinski definition) is 1. The van der Waals surface area contributed by atoms with E-state index < -0.39 is 6.10 Å². The average molecular weight is 258 g/mol. The molecule has 0 aromatic rings. The van der Waals surface area contributed by atoms with Crippen molar-refractivity contribution in [2.24, 2.45) is 0 Å². The van der Waals surface area contributed by atoms with Gasteiger partial charge >= 0.3 is 0 Å². The summed E-state index contributed by atoms with van der Waals surface area (Å²) in [6.07, 6.45) is 6.94. The molecule has 2 aliphatic heterocycles. The molecule has 2 fully saturated rings. The van der Waals surface area contributed by atoms with Crippen LogP contribution in [0.5, 0.6) is 0 Å². The Hall–Kier alpha value is -0.160. The van der Waals surface area contributed by atoms with Crippen LogP contribution in [0.4, 0.5) is 0 Å². The molecule has 2 saturated heterocycles. The molecule has 18 heavy (non-hydrogen) atoms. The molecule has 106 valence electrons. The van der Waals surface area contributed by atoms with Gasteiger partial charge < -0.3 is 19.3 Å². The molecule has 0 aliphatic carbocycles. The van der Waals surface area contributed by atoms with Crippen LogP contribution in [-0.2, 0) is 14.2 Å². The Labute approximate surface area is 110 Å². The first-order chi connectivity index (χ1) is 8.83. The third-order valence-corrected chi connectivity index (χ3v) is 3.81. The molecule has 0 aromatic carbocycles. The van der Waals surface area contributed by atoms with E-state index in [-0.39, 0.29) is 18.3 Å². The van der Waals surface area contributed by atoms with Crippen molar-refractivity contribution in [3.05, 3.63) is 0 Å². The first-order valence-electron chi connectivity index (χ1n) is 7.35. The smallest absolute Gasteiger partial charge is 0.115 e. The fourth-order valence-electron chi connectivity index (χ4n) is 2.70. The number of aliphatic hydroxyl groups excluding tert-OH is 1. The minimum absolute atomic E-state index is 0.0165. The predicted molar refractivity (Wildman–Crippen MR) is 68.6 cm³/mol. The lowest BCUT2D eigenvalue weighted by molar-refractivity contribution is -0.0378. The molecule has 4 heteroatoms. The summed E-state index contributed by atoms with van der Waals surface area (Å²) in [6.45, 7) is 3.95. The Balaban J connectivity index is 1.52. The largest absolute Gasteiger partial charge is 0.388 e. The lowest BCUT2D eigenvalue weighted by atomic mass is 10.1. The van der Waals surface area contributed by atoms with Gasteiger partial charge in [0.25, 0.3) is 0 Å². The van der Waals surface area contributed by atoms with E-state index >= 15 is 0 Å². The summed E-state index contributed by atoms with van der Waals surface area (Å²) < 4.78 is 16.8. The summed E-state index contributed by atoms with van der Waals surface area (Å²) in [5.41, 5.74) is 0. The highest BCUT2D eigenvalue weighted by molar-refractivity contribution is 4.94. The summed E-state index contributed by atoms with van der Waals surface area (Å²) >= 11 is 0. The molecule has 0 unspecified atom stereocenters. The zero-order chi connectivity index (χ0) is 12.8. The number of ether oxygens (including phenoxy) is 3. The second-order valence-corrected chi connectivity index (χ2v) is 5.34. The van der Waals surface area contributed by atoms with Crippen LogP contribution in [0.15, 0.2) is 0 Å². The van der Waals surface area contributed by atoms with Gasteiger partial charge in [-0.25, -0.2) is 0 Å². The zero-order valence-electron chi connectivity index (χ0n) is 11.3. The van der Waals surface area contributed by atoms with Crippen LogP contribution in [0.25, 0.3) is 0 Å². The molecule has 1 N–H and O–H groups in total. The van der Waals surface area contributed by atoms with E-state index in [1.54, 1.807) is 0 Å². The van der Waals surface area contributed by atoms with Crippen molar-refractivity contribution in [3.8, 4) is 0 Å². The Morgan fingerprint density at radius 3 is 2.56 bits per heavy atom. The maximum atomic E-state index is 9.60. The van der Waals surface area contributed by atoms with Gasteiger partial charge in [-0.3, -0.25) is 0 Å². The highest BCUT2D eigenvalue weighted by Crippen LogP contribution is 2.28. The summed E-state index contributed by atoms with van der Waals surface area (Å²) in [6, 6.07) is 0. The minimum atomic E-state index is -0.474. The Morgan fingerprint density at radius 1 is 1.00 bits per heavy atom. The molecular formula is C14H26O4. The number of unbranched alkanes of at least 4 members (excludes halogenated alkanes) is 5. The van der Waals surface area contributed by atoms with Crippen molar-refractivity contribution in [2.75, 3.05) is 19.8 Å². The molecule has 0 bridgehead atoms. The zero-order valence-corrected chi connectivity index (χ0v) is 11.3. The molecule has 0 spiro atoms. The van der Waals surface area contributed by atoms with Crippen molar-refractivity contribution in [2.45, 2.75) is 69.9 Å². The number of fused-ring (bicyclic) bond motifs is 1. The maximum Gasteiger partial charge on any atom is 0.115 e. The van der Waals surface area contributed by atoms with E-state index in [1.165, 1.54) is 32.1 Å². The monoisotopic (exact) mass is 258 g/mol. The van der Waals surface area contributed by atoms with Crippen molar-refractivity contribution in [3.63, 3.8) is 0 Å². The van der Waals surface area contributed by atoms with Gasteiger partial charge in [0.2, 0.25) is 0 Å². The summed E-state index contributed by atoms with van der Waals surface area (Å²) in [7, 11) is 0. The standard InChI is InChI=1S/C14H26O4/c1-2-3-4-5-6-7-8-16-12-10-18-13-11(15)9-17-14(12)13/h11-15H,2-10H2,1H3/t11-,12-,13+,14+/m0/s1. The van der Waals surface area contributed by atoms with Gasteiger partial charge in [0.05, 0.1) is 13.2 Å². The van der Waals surface area contributed by atoms with Crippen molar-refractivity contribution in [1.29, 1.82) is 0 Å². The summed E-state index contributed by atoms with van der Waals surface area (Å²) in [5, 5.41) is 9.60. The first kappa shape index (κ1) is 14.3. The van der Waals surface area contributed by atoms with Crippen LogP contribution >= 0.6 is 0 Å². The van der Waals surface area contributed by atoms with Gasteiger partial charge in [0.1, 0.15) is 24.4 Å². The summed E-state index contributed by atoms with van der Waals surface area (Å²) in [5.74, 6) is 0. The van der Waals surface area contributed by atoms with Crippen LogP contribution < -0.4 is 0 Å². The minimum Gasteiger partial charge on any atom is -0.388 e. The fourth-order valence-corrected chi connectivity index (χ4v) is 2.70. The number of aliphatic hydroxyl groups is 1. The molecular weight excluding hydrogens is 232 g/mol. The van der Waals surface area contributed by atoms with E-state index in [2.05, 4.69) is 6.92 Å². The third kappa shape index (κ3) is 3.67. The molecule has 4 atom stereocenters. The maximum absolute atomic E-state index is 9.60. The van der Waals surface area contributed by atoms with Crippen LogP contribution in [-0.4, -0.2) is 49.3 Å². The first-order valence-corrected chi connectivity index (χ1v) is 7.35. The lowest BCUT2D eigenvalue weighted by Crippen LogP contribution is -2.33. The third-order valence-electron chi connectivity index (χ3n) is 3.81. The second kappa shape index (κ2) is 7.43. The summed E-state index contributed by atoms with van der Waals surface area (Å²) in [4.78, 5) is 0. The molecule has 2 aliphatic rings. The second-order valence-electron chi connectivity index (χ2n) is 5.34.